The van der Waals surface area contributed by atoms with E-state index < -0.39 is 0 Å². The summed E-state index contributed by atoms with van der Waals surface area (Å²) in [5.74, 6) is 0.780. The van der Waals surface area contributed by atoms with Crippen LogP contribution in [0.5, 0.6) is 5.75 Å². The molecule has 134 valence electrons. The van der Waals surface area contributed by atoms with E-state index in [2.05, 4.69) is 10.1 Å². The van der Waals surface area contributed by atoms with E-state index in [1.54, 1.807) is 7.11 Å². The zero-order valence-corrected chi connectivity index (χ0v) is 15.2. The lowest BCUT2D eigenvalue weighted by Crippen LogP contribution is -2.32. The summed E-state index contributed by atoms with van der Waals surface area (Å²) in [4.78, 5) is 19.7. The van der Waals surface area contributed by atoms with Crippen LogP contribution in [0.3, 0.4) is 0 Å². The number of hydrogen-bond donors (Lipinski definition) is 0. The number of hydrogen-bond acceptors (Lipinski definition) is 5. The third-order valence-electron chi connectivity index (χ3n) is 4.90. The van der Waals surface area contributed by atoms with Crippen LogP contribution in [0.25, 0.3) is 11.1 Å². The van der Waals surface area contributed by atoms with Gasteiger partial charge in [-0.1, -0.05) is 11.2 Å². The molecule has 0 saturated carbocycles. The minimum atomic E-state index is -0.0526. The first-order valence-corrected chi connectivity index (χ1v) is 8.81. The average molecular weight is 351 g/mol. The Bertz CT molecular complexity index is 993. The molecule has 0 aliphatic carbocycles. The molecule has 2 aromatic heterocycles. The van der Waals surface area contributed by atoms with Crippen LogP contribution in [0.4, 0.5) is 5.69 Å². The Labute approximate surface area is 151 Å². The van der Waals surface area contributed by atoms with Crippen LogP contribution in [0.15, 0.2) is 28.8 Å². The van der Waals surface area contributed by atoms with Gasteiger partial charge in [0.1, 0.15) is 5.75 Å². The van der Waals surface area contributed by atoms with Crippen molar-refractivity contribution in [1.29, 1.82) is 0 Å². The van der Waals surface area contributed by atoms with Crippen LogP contribution in [-0.2, 0) is 6.42 Å². The van der Waals surface area contributed by atoms with Crippen LogP contribution >= 0.6 is 0 Å². The highest BCUT2D eigenvalue weighted by atomic mass is 16.5. The van der Waals surface area contributed by atoms with Gasteiger partial charge in [0.15, 0.2) is 0 Å². The van der Waals surface area contributed by atoms with Gasteiger partial charge in [0.05, 0.1) is 29.4 Å². The van der Waals surface area contributed by atoms with Crippen LogP contribution in [0, 0.1) is 13.8 Å². The molecule has 0 bridgehead atoms. The number of carbonyl (C=O) groups is 1. The summed E-state index contributed by atoms with van der Waals surface area (Å²) in [5, 5.41) is 4.68. The average Bonchev–Trinajstić information content (AvgIpc) is 2.88. The number of ether oxygens (including phenoxy) is 1. The second-order valence-corrected chi connectivity index (χ2v) is 6.63. The van der Waals surface area contributed by atoms with Crippen molar-refractivity contribution in [3.8, 4) is 5.75 Å². The molecule has 0 unspecified atom stereocenters. The van der Waals surface area contributed by atoms with Crippen molar-refractivity contribution >= 4 is 22.7 Å². The lowest BCUT2D eigenvalue weighted by molar-refractivity contribution is 0.0988. The first-order chi connectivity index (χ1) is 12.6. The summed E-state index contributed by atoms with van der Waals surface area (Å²) in [5.41, 5.74) is 4.41. The van der Waals surface area contributed by atoms with Gasteiger partial charge < -0.3 is 14.2 Å². The standard InChI is InChI=1S/C20H21N3O3/c1-12-11-15(18-13(2)22-26-19(18)21-12)20(24)23-10-5-4-7-14-16(23)8-6-9-17(14)25-3/h6,8-9,11H,4-5,7,10H2,1-3H3. The number of carbonyl (C=O) groups excluding carboxylic acids is 1. The SMILES string of the molecule is COc1cccc2c1CCCCN2C(=O)c1cc(C)nc2onc(C)c12. The van der Waals surface area contributed by atoms with Crippen LogP contribution in [-0.4, -0.2) is 29.7 Å². The fourth-order valence-electron chi connectivity index (χ4n) is 3.68. The molecule has 4 rings (SSSR count). The highest BCUT2D eigenvalue weighted by molar-refractivity contribution is 6.14. The van der Waals surface area contributed by atoms with Crippen molar-refractivity contribution in [1.82, 2.24) is 10.1 Å². The number of pyridine rings is 1. The highest BCUT2D eigenvalue weighted by Gasteiger charge is 2.27. The molecule has 1 aliphatic heterocycles. The molecule has 0 radical (unpaired) electrons. The number of aromatic nitrogens is 2. The number of aryl methyl sites for hydroxylation is 2. The third-order valence-corrected chi connectivity index (χ3v) is 4.90. The maximum Gasteiger partial charge on any atom is 0.259 e. The van der Waals surface area contributed by atoms with E-state index in [1.165, 1.54) is 0 Å². The molecular weight excluding hydrogens is 330 g/mol. The molecule has 6 nitrogen and oxygen atoms in total. The van der Waals surface area contributed by atoms with Gasteiger partial charge in [-0.3, -0.25) is 4.79 Å². The topological polar surface area (TPSA) is 68.5 Å². The third kappa shape index (κ3) is 2.62. The summed E-state index contributed by atoms with van der Waals surface area (Å²) in [6.07, 6.45) is 2.87. The van der Waals surface area contributed by atoms with E-state index in [0.717, 1.165) is 42.0 Å². The Balaban J connectivity index is 1.87. The van der Waals surface area contributed by atoms with E-state index >= 15 is 0 Å². The molecule has 26 heavy (non-hydrogen) atoms. The fraction of sp³-hybridized carbons (Fsp3) is 0.350. The fourth-order valence-corrected chi connectivity index (χ4v) is 3.68. The van der Waals surface area contributed by atoms with Crippen molar-refractivity contribution < 1.29 is 14.1 Å². The maximum absolute atomic E-state index is 13.5. The predicted molar refractivity (Wildman–Crippen MR) is 98.9 cm³/mol. The number of rotatable bonds is 2. The lowest BCUT2D eigenvalue weighted by Gasteiger charge is -2.24. The molecule has 0 saturated heterocycles. The Hall–Kier alpha value is -2.89. The van der Waals surface area contributed by atoms with Crippen molar-refractivity contribution in [3.05, 3.63) is 46.8 Å². The molecule has 0 spiro atoms. The number of anilines is 1. The van der Waals surface area contributed by atoms with Gasteiger partial charge >= 0.3 is 0 Å². The summed E-state index contributed by atoms with van der Waals surface area (Å²) >= 11 is 0. The number of amides is 1. The number of nitrogens with zero attached hydrogens (tertiary/aromatic N) is 3. The molecule has 1 aliphatic rings. The van der Waals surface area contributed by atoms with Crippen molar-refractivity contribution in [3.63, 3.8) is 0 Å². The molecule has 3 heterocycles. The minimum absolute atomic E-state index is 0.0526. The molecule has 1 aromatic carbocycles. The van der Waals surface area contributed by atoms with E-state index in [1.807, 2.05) is 43.0 Å². The number of benzene rings is 1. The largest absolute Gasteiger partial charge is 0.496 e. The van der Waals surface area contributed by atoms with E-state index in [9.17, 15) is 4.79 Å². The molecule has 0 N–H and O–H groups in total. The van der Waals surface area contributed by atoms with Gasteiger partial charge in [0, 0.05) is 17.8 Å². The zero-order chi connectivity index (χ0) is 18.3. The van der Waals surface area contributed by atoms with Crippen LogP contribution in [0.1, 0.15) is 40.2 Å². The Morgan fingerprint density at radius 3 is 2.92 bits per heavy atom. The first kappa shape index (κ1) is 16.6. The van der Waals surface area contributed by atoms with Crippen LogP contribution < -0.4 is 9.64 Å². The first-order valence-electron chi connectivity index (χ1n) is 8.81. The predicted octanol–water partition coefficient (Wildman–Crippen LogP) is 3.83. The summed E-state index contributed by atoms with van der Waals surface area (Å²) in [6.45, 7) is 4.36. The molecular formula is C20H21N3O3. The van der Waals surface area contributed by atoms with Gasteiger partial charge in [-0.2, -0.15) is 0 Å². The van der Waals surface area contributed by atoms with Crippen molar-refractivity contribution in [2.75, 3.05) is 18.6 Å². The molecule has 3 aromatic rings. The van der Waals surface area contributed by atoms with Crippen molar-refractivity contribution in [2.45, 2.75) is 33.1 Å². The number of fused-ring (bicyclic) bond motifs is 2. The van der Waals surface area contributed by atoms with Crippen molar-refractivity contribution in [2.24, 2.45) is 0 Å². The summed E-state index contributed by atoms with van der Waals surface area (Å²) < 4.78 is 10.8. The van der Waals surface area contributed by atoms with Gasteiger partial charge in [-0.15, -0.1) is 0 Å². The van der Waals surface area contributed by atoms with E-state index in [0.29, 0.717) is 28.9 Å². The number of methoxy groups -OCH3 is 1. The second kappa shape index (κ2) is 6.44. The van der Waals surface area contributed by atoms with Gasteiger partial charge in [0.2, 0.25) is 0 Å². The maximum atomic E-state index is 13.5. The van der Waals surface area contributed by atoms with Crippen LogP contribution in [0.2, 0.25) is 0 Å². The Morgan fingerprint density at radius 1 is 1.27 bits per heavy atom. The molecule has 1 amide bonds. The zero-order valence-electron chi connectivity index (χ0n) is 15.2. The Morgan fingerprint density at radius 2 is 2.12 bits per heavy atom. The monoisotopic (exact) mass is 351 g/mol. The quantitative estimate of drug-likeness (QED) is 0.702. The minimum Gasteiger partial charge on any atom is -0.496 e. The van der Waals surface area contributed by atoms with E-state index in [4.69, 9.17) is 9.26 Å². The van der Waals surface area contributed by atoms with Gasteiger partial charge in [0.25, 0.3) is 11.6 Å². The highest BCUT2D eigenvalue weighted by Crippen LogP contribution is 2.35. The molecule has 0 fully saturated rings. The van der Waals surface area contributed by atoms with E-state index in [-0.39, 0.29) is 5.91 Å². The molecule has 0 atom stereocenters. The van der Waals surface area contributed by atoms with Gasteiger partial charge in [-0.05, 0) is 51.3 Å². The van der Waals surface area contributed by atoms with Gasteiger partial charge in [-0.25, -0.2) is 4.98 Å². The lowest BCUT2D eigenvalue weighted by atomic mass is 10.0. The normalized spacial score (nSPS) is 14.2. The summed E-state index contributed by atoms with van der Waals surface area (Å²) in [6, 6.07) is 7.69. The molecule has 6 heteroatoms. The summed E-state index contributed by atoms with van der Waals surface area (Å²) in [7, 11) is 1.67. The smallest absolute Gasteiger partial charge is 0.259 e. The Kier molecular flexibility index (Phi) is 4.11. The second-order valence-electron chi connectivity index (χ2n) is 6.63.